The van der Waals surface area contributed by atoms with Gasteiger partial charge in [0.25, 0.3) is 0 Å². The molecule has 0 aliphatic carbocycles. The van der Waals surface area contributed by atoms with E-state index in [2.05, 4.69) is 25.3 Å². The van der Waals surface area contributed by atoms with Gasteiger partial charge in [0.2, 0.25) is 0 Å². The number of ether oxygens (including phenoxy) is 2. The third-order valence-corrected chi connectivity index (χ3v) is 3.59. The van der Waals surface area contributed by atoms with Crippen molar-refractivity contribution >= 4 is 11.8 Å². The second kappa shape index (κ2) is 4.61. The third kappa shape index (κ3) is 2.18. The summed E-state index contributed by atoms with van der Waals surface area (Å²) in [7, 11) is 1.99. The Morgan fingerprint density at radius 2 is 2.11 bits per heavy atom. The number of anilines is 1. The molecule has 0 unspecified atom stereocenters. The predicted octanol–water partition coefficient (Wildman–Crippen LogP) is 3.46. The molecule has 0 spiro atoms. The summed E-state index contributed by atoms with van der Waals surface area (Å²) >= 11 is 0. The van der Waals surface area contributed by atoms with Crippen molar-refractivity contribution in [2.24, 2.45) is 0 Å². The Morgan fingerprint density at radius 1 is 1.42 bits per heavy atom. The van der Waals surface area contributed by atoms with Gasteiger partial charge in [-0.1, -0.05) is 20.4 Å². The van der Waals surface area contributed by atoms with Crippen LogP contribution in [-0.2, 0) is 10.2 Å². The maximum absolute atomic E-state index is 11.3. The van der Waals surface area contributed by atoms with Gasteiger partial charge in [0.15, 0.2) is 0 Å². The molecule has 4 heteroatoms. The Balaban J connectivity index is 2.33. The van der Waals surface area contributed by atoms with Gasteiger partial charge >= 0.3 is 6.16 Å². The number of benzene rings is 1. The fourth-order valence-corrected chi connectivity index (χ4v) is 2.34. The van der Waals surface area contributed by atoms with Gasteiger partial charge in [-0.2, -0.15) is 0 Å². The van der Waals surface area contributed by atoms with E-state index in [0.29, 0.717) is 12.4 Å². The standard InChI is InChI=1S/C15H19NO3/c1-6-18-14(17)19-11-7-8-13-12(9-11)15(3,4)10(2)16(13)5/h7-9H,2,6H2,1,3-5H3. The molecular weight excluding hydrogens is 242 g/mol. The minimum Gasteiger partial charge on any atom is -0.434 e. The molecule has 0 aromatic heterocycles. The van der Waals surface area contributed by atoms with E-state index in [1.165, 1.54) is 0 Å². The largest absolute Gasteiger partial charge is 0.513 e. The van der Waals surface area contributed by atoms with Gasteiger partial charge in [0.05, 0.1) is 6.61 Å². The molecule has 0 saturated carbocycles. The highest BCUT2D eigenvalue weighted by Crippen LogP contribution is 2.47. The van der Waals surface area contributed by atoms with Crippen LogP contribution in [0.15, 0.2) is 30.5 Å². The number of carbonyl (C=O) groups excluding carboxylic acids is 1. The van der Waals surface area contributed by atoms with Crippen LogP contribution >= 0.6 is 0 Å². The van der Waals surface area contributed by atoms with Crippen molar-refractivity contribution in [2.45, 2.75) is 26.2 Å². The number of carbonyl (C=O) groups is 1. The van der Waals surface area contributed by atoms with E-state index in [0.717, 1.165) is 16.9 Å². The molecule has 0 N–H and O–H groups in total. The summed E-state index contributed by atoms with van der Waals surface area (Å²) in [5.41, 5.74) is 3.04. The zero-order chi connectivity index (χ0) is 14.2. The number of hydrogen-bond donors (Lipinski definition) is 0. The number of rotatable bonds is 2. The van der Waals surface area contributed by atoms with Crippen LogP contribution in [0.2, 0.25) is 0 Å². The van der Waals surface area contributed by atoms with Crippen LogP contribution in [0.4, 0.5) is 10.5 Å². The molecule has 0 radical (unpaired) electrons. The first-order valence-corrected chi connectivity index (χ1v) is 6.30. The molecule has 1 aliphatic rings. The lowest BCUT2D eigenvalue weighted by Crippen LogP contribution is -2.21. The topological polar surface area (TPSA) is 38.8 Å². The van der Waals surface area contributed by atoms with Crippen molar-refractivity contribution in [2.75, 3.05) is 18.6 Å². The van der Waals surface area contributed by atoms with Crippen LogP contribution < -0.4 is 9.64 Å². The van der Waals surface area contributed by atoms with Crippen LogP contribution in [-0.4, -0.2) is 19.8 Å². The van der Waals surface area contributed by atoms with Crippen molar-refractivity contribution in [3.8, 4) is 5.75 Å². The summed E-state index contributed by atoms with van der Waals surface area (Å²) in [5.74, 6) is 0.494. The van der Waals surface area contributed by atoms with Gasteiger partial charge in [0.1, 0.15) is 5.75 Å². The molecule has 4 nitrogen and oxygen atoms in total. The summed E-state index contributed by atoms with van der Waals surface area (Å²) in [6.45, 7) is 10.4. The zero-order valence-corrected chi connectivity index (χ0v) is 11.8. The van der Waals surface area contributed by atoms with Crippen molar-refractivity contribution < 1.29 is 14.3 Å². The minimum absolute atomic E-state index is 0.169. The Labute approximate surface area is 113 Å². The fraction of sp³-hybridized carbons (Fsp3) is 0.400. The molecule has 102 valence electrons. The first kappa shape index (κ1) is 13.5. The van der Waals surface area contributed by atoms with Crippen LogP contribution in [0.3, 0.4) is 0 Å². The van der Waals surface area contributed by atoms with Gasteiger partial charge < -0.3 is 14.4 Å². The van der Waals surface area contributed by atoms with E-state index in [1.807, 2.05) is 19.2 Å². The SMILES string of the molecule is C=C1N(C)c2ccc(OC(=O)OCC)cc2C1(C)C. The average Bonchev–Trinajstić information content (AvgIpc) is 2.52. The zero-order valence-electron chi connectivity index (χ0n) is 11.8. The fourth-order valence-electron chi connectivity index (χ4n) is 2.34. The van der Waals surface area contributed by atoms with Crippen molar-refractivity contribution in [1.29, 1.82) is 0 Å². The van der Waals surface area contributed by atoms with Crippen LogP contribution in [0, 0.1) is 0 Å². The third-order valence-electron chi connectivity index (χ3n) is 3.59. The van der Waals surface area contributed by atoms with Crippen molar-refractivity contribution in [3.05, 3.63) is 36.0 Å². The van der Waals surface area contributed by atoms with Crippen LogP contribution in [0.25, 0.3) is 0 Å². The summed E-state index contributed by atoms with van der Waals surface area (Å²) in [5, 5.41) is 0. The van der Waals surface area contributed by atoms with Crippen molar-refractivity contribution in [1.82, 2.24) is 0 Å². The normalized spacial score (nSPS) is 16.2. The van der Waals surface area contributed by atoms with Gasteiger partial charge in [-0.3, -0.25) is 0 Å². The monoisotopic (exact) mass is 261 g/mol. The lowest BCUT2D eigenvalue weighted by Gasteiger charge is -2.22. The van der Waals surface area contributed by atoms with Crippen LogP contribution in [0.1, 0.15) is 26.3 Å². The minimum atomic E-state index is -0.676. The number of fused-ring (bicyclic) bond motifs is 1. The molecule has 1 aromatic rings. The maximum Gasteiger partial charge on any atom is 0.513 e. The van der Waals surface area contributed by atoms with Crippen molar-refractivity contribution in [3.63, 3.8) is 0 Å². The molecule has 2 rings (SSSR count). The molecule has 0 atom stereocenters. The maximum atomic E-state index is 11.3. The lowest BCUT2D eigenvalue weighted by molar-refractivity contribution is 0.104. The highest BCUT2D eigenvalue weighted by Gasteiger charge is 2.37. The number of likely N-dealkylation sites (N-methyl/N-ethyl adjacent to an activating group) is 1. The highest BCUT2D eigenvalue weighted by atomic mass is 16.7. The van der Waals surface area contributed by atoms with E-state index in [4.69, 9.17) is 9.47 Å². The first-order valence-electron chi connectivity index (χ1n) is 6.30. The number of nitrogens with zero attached hydrogens (tertiary/aromatic N) is 1. The van der Waals surface area contributed by atoms with E-state index in [9.17, 15) is 4.79 Å². The Hall–Kier alpha value is -1.97. The molecule has 0 saturated heterocycles. The molecule has 1 heterocycles. The summed E-state index contributed by atoms with van der Waals surface area (Å²) in [6.07, 6.45) is -0.676. The molecular formula is C15H19NO3. The Kier molecular flexibility index (Phi) is 3.27. The quantitative estimate of drug-likeness (QED) is 0.603. The Morgan fingerprint density at radius 3 is 2.74 bits per heavy atom. The molecule has 1 aromatic carbocycles. The van der Waals surface area contributed by atoms with E-state index < -0.39 is 6.16 Å². The van der Waals surface area contributed by atoms with Gasteiger partial charge in [-0.05, 0) is 30.7 Å². The molecule has 19 heavy (non-hydrogen) atoms. The average molecular weight is 261 g/mol. The molecule has 0 amide bonds. The van der Waals surface area contributed by atoms with E-state index in [-0.39, 0.29) is 5.41 Å². The molecule has 1 aliphatic heterocycles. The second-order valence-electron chi connectivity index (χ2n) is 5.09. The van der Waals surface area contributed by atoms with Gasteiger partial charge in [-0.15, -0.1) is 0 Å². The summed E-state index contributed by atoms with van der Waals surface area (Å²) in [6, 6.07) is 5.58. The molecule has 0 fully saturated rings. The van der Waals surface area contributed by atoms with E-state index >= 15 is 0 Å². The highest BCUT2D eigenvalue weighted by molar-refractivity contribution is 5.72. The first-order chi connectivity index (χ1) is 8.87. The summed E-state index contributed by atoms with van der Waals surface area (Å²) < 4.78 is 9.90. The summed E-state index contributed by atoms with van der Waals surface area (Å²) in [4.78, 5) is 13.4. The predicted molar refractivity (Wildman–Crippen MR) is 74.7 cm³/mol. The van der Waals surface area contributed by atoms with Crippen LogP contribution in [0.5, 0.6) is 5.75 Å². The molecule has 0 bridgehead atoms. The van der Waals surface area contributed by atoms with E-state index in [1.54, 1.807) is 13.0 Å². The van der Waals surface area contributed by atoms with Gasteiger partial charge in [0, 0.05) is 23.8 Å². The Bertz CT molecular complexity index is 534. The number of hydrogen-bond acceptors (Lipinski definition) is 4. The lowest BCUT2D eigenvalue weighted by atomic mass is 9.84. The smallest absolute Gasteiger partial charge is 0.434 e. The van der Waals surface area contributed by atoms with Gasteiger partial charge in [-0.25, -0.2) is 4.79 Å². The number of allylic oxidation sites excluding steroid dienone is 1. The second-order valence-corrected chi connectivity index (χ2v) is 5.09.